The fourth-order valence-corrected chi connectivity index (χ4v) is 3.35. The van der Waals surface area contributed by atoms with Crippen LogP contribution in [0, 0.1) is 0 Å². The summed E-state index contributed by atoms with van der Waals surface area (Å²) >= 11 is 1.48. The molecule has 2 N–H and O–H groups in total. The third-order valence-electron chi connectivity index (χ3n) is 3.61. The Bertz CT molecular complexity index is 600. The summed E-state index contributed by atoms with van der Waals surface area (Å²) in [7, 11) is 0. The molecule has 0 bridgehead atoms. The highest BCUT2D eigenvalue weighted by Crippen LogP contribution is 2.17. The van der Waals surface area contributed by atoms with E-state index in [1.54, 1.807) is 6.20 Å². The van der Waals surface area contributed by atoms with Crippen LogP contribution in [-0.4, -0.2) is 30.0 Å². The van der Waals surface area contributed by atoms with Crippen molar-refractivity contribution in [2.75, 3.05) is 13.1 Å². The zero-order valence-corrected chi connectivity index (χ0v) is 15.1. The Hall–Kier alpha value is -1.14. The van der Waals surface area contributed by atoms with Gasteiger partial charge in [-0.1, -0.05) is 30.3 Å². The van der Waals surface area contributed by atoms with Gasteiger partial charge in [0.15, 0.2) is 0 Å². The summed E-state index contributed by atoms with van der Waals surface area (Å²) in [6, 6.07) is 10.4. The molecule has 23 heavy (non-hydrogen) atoms. The lowest BCUT2D eigenvalue weighted by atomic mass is 10.1. The molecule has 0 spiro atoms. The summed E-state index contributed by atoms with van der Waals surface area (Å²) in [5, 5.41) is 7.36. The number of aromatic nitrogens is 1. The molecule has 1 saturated heterocycles. The lowest BCUT2D eigenvalue weighted by Crippen LogP contribution is -2.45. The van der Waals surface area contributed by atoms with Crippen LogP contribution in [0.5, 0.6) is 0 Å². The number of benzene rings is 1. The molecule has 1 aromatic heterocycles. The molecule has 1 amide bonds. The minimum Gasteiger partial charge on any atom is -0.347 e. The second kappa shape index (κ2) is 9.88. The van der Waals surface area contributed by atoms with Crippen molar-refractivity contribution >= 4 is 42.1 Å². The van der Waals surface area contributed by atoms with Gasteiger partial charge in [-0.25, -0.2) is 4.98 Å². The van der Waals surface area contributed by atoms with Crippen molar-refractivity contribution in [3.05, 3.63) is 52.0 Å². The van der Waals surface area contributed by atoms with Crippen LogP contribution in [0.25, 0.3) is 0 Å². The summed E-state index contributed by atoms with van der Waals surface area (Å²) in [6.07, 6.45) is 4.64. The van der Waals surface area contributed by atoms with Crippen molar-refractivity contribution < 1.29 is 4.79 Å². The Morgan fingerprint density at radius 2 is 2.09 bits per heavy atom. The number of amides is 1. The largest absolute Gasteiger partial charge is 0.347 e. The predicted octanol–water partition coefficient (Wildman–Crippen LogP) is 3.06. The quantitative estimate of drug-likeness (QED) is 0.865. The van der Waals surface area contributed by atoms with Gasteiger partial charge >= 0.3 is 0 Å². The molecule has 4 nitrogen and oxygen atoms in total. The second-order valence-electron chi connectivity index (χ2n) is 5.30. The van der Waals surface area contributed by atoms with E-state index in [2.05, 4.69) is 27.8 Å². The van der Waals surface area contributed by atoms with E-state index in [1.165, 1.54) is 16.9 Å². The summed E-state index contributed by atoms with van der Waals surface area (Å²) in [6.45, 7) is 1.91. The lowest BCUT2D eigenvalue weighted by Gasteiger charge is -2.23. The highest BCUT2D eigenvalue weighted by Gasteiger charge is 2.18. The molecule has 7 heteroatoms. The van der Waals surface area contributed by atoms with E-state index in [4.69, 9.17) is 0 Å². The van der Waals surface area contributed by atoms with E-state index in [-0.39, 0.29) is 36.8 Å². The molecular formula is C16H21Cl2N3OS. The SMILES string of the molecule is Cl.Cl.O=C(N[C@H]1CCCNC1)c1cnc(Cc2ccccc2)s1. The smallest absolute Gasteiger partial charge is 0.263 e. The Morgan fingerprint density at radius 1 is 1.30 bits per heavy atom. The number of nitrogens with one attached hydrogen (secondary N) is 2. The molecule has 1 atom stereocenters. The highest BCUT2D eigenvalue weighted by atomic mass is 35.5. The zero-order chi connectivity index (χ0) is 14.5. The number of nitrogens with zero attached hydrogens (tertiary/aromatic N) is 1. The molecule has 1 aliphatic heterocycles. The minimum atomic E-state index is 0. The van der Waals surface area contributed by atoms with E-state index >= 15 is 0 Å². The van der Waals surface area contributed by atoms with Gasteiger partial charge in [0.1, 0.15) is 4.88 Å². The molecule has 0 unspecified atom stereocenters. The molecular weight excluding hydrogens is 353 g/mol. The van der Waals surface area contributed by atoms with Crippen LogP contribution in [0.1, 0.15) is 33.1 Å². The molecule has 0 radical (unpaired) electrons. The van der Waals surface area contributed by atoms with Gasteiger partial charge in [0.25, 0.3) is 5.91 Å². The summed E-state index contributed by atoms with van der Waals surface area (Å²) < 4.78 is 0. The van der Waals surface area contributed by atoms with Crippen molar-refractivity contribution in [1.29, 1.82) is 0 Å². The topological polar surface area (TPSA) is 54.0 Å². The zero-order valence-electron chi connectivity index (χ0n) is 12.7. The molecule has 1 aromatic carbocycles. The summed E-state index contributed by atoms with van der Waals surface area (Å²) in [5.74, 6) is 0.000474. The molecule has 0 saturated carbocycles. The van der Waals surface area contributed by atoms with Crippen LogP contribution < -0.4 is 10.6 Å². The van der Waals surface area contributed by atoms with Gasteiger partial charge in [0, 0.05) is 19.0 Å². The van der Waals surface area contributed by atoms with Crippen molar-refractivity contribution in [2.24, 2.45) is 0 Å². The molecule has 3 rings (SSSR count). The standard InChI is InChI=1S/C16H19N3OS.2ClH/c20-16(19-13-7-4-8-17-10-13)14-11-18-15(21-14)9-12-5-2-1-3-6-12;;/h1-3,5-6,11,13,17H,4,7-10H2,(H,19,20);2*1H/t13-;;/m0../s1. The molecule has 1 aliphatic rings. The van der Waals surface area contributed by atoms with Gasteiger partial charge in [-0.05, 0) is 24.9 Å². The van der Waals surface area contributed by atoms with Gasteiger partial charge in [0.05, 0.1) is 11.2 Å². The van der Waals surface area contributed by atoms with Gasteiger partial charge in [-0.2, -0.15) is 0 Å². The Balaban J connectivity index is 0.00000132. The molecule has 2 heterocycles. The summed E-state index contributed by atoms with van der Waals surface area (Å²) in [4.78, 5) is 17.3. The maximum atomic E-state index is 12.2. The van der Waals surface area contributed by atoms with Crippen molar-refractivity contribution in [3.63, 3.8) is 0 Å². The van der Waals surface area contributed by atoms with E-state index in [0.717, 1.165) is 37.4 Å². The fraction of sp³-hybridized carbons (Fsp3) is 0.375. The molecule has 126 valence electrons. The van der Waals surface area contributed by atoms with E-state index in [9.17, 15) is 4.79 Å². The number of hydrogen-bond acceptors (Lipinski definition) is 4. The molecule has 2 aromatic rings. The Labute approximate surface area is 152 Å². The fourth-order valence-electron chi connectivity index (χ4n) is 2.50. The normalized spacial score (nSPS) is 16.8. The van der Waals surface area contributed by atoms with Gasteiger partial charge in [-0.3, -0.25) is 4.79 Å². The van der Waals surface area contributed by atoms with E-state index in [1.807, 2.05) is 18.2 Å². The van der Waals surface area contributed by atoms with Crippen molar-refractivity contribution in [3.8, 4) is 0 Å². The average Bonchev–Trinajstić information content (AvgIpc) is 2.98. The predicted molar refractivity (Wildman–Crippen MR) is 99.2 cm³/mol. The van der Waals surface area contributed by atoms with Gasteiger partial charge in [0.2, 0.25) is 0 Å². The number of carbonyl (C=O) groups is 1. The van der Waals surface area contributed by atoms with Crippen molar-refractivity contribution in [1.82, 2.24) is 15.6 Å². The number of thiazole rings is 1. The number of halogens is 2. The lowest BCUT2D eigenvalue weighted by molar-refractivity contribution is 0.0934. The number of piperidine rings is 1. The highest BCUT2D eigenvalue weighted by molar-refractivity contribution is 7.13. The first-order valence-electron chi connectivity index (χ1n) is 7.31. The molecule has 0 aliphatic carbocycles. The maximum Gasteiger partial charge on any atom is 0.263 e. The number of carbonyl (C=O) groups excluding carboxylic acids is 1. The third kappa shape index (κ3) is 5.77. The number of rotatable bonds is 4. The first kappa shape index (κ1) is 19.9. The third-order valence-corrected chi connectivity index (χ3v) is 4.60. The Morgan fingerprint density at radius 3 is 2.78 bits per heavy atom. The van der Waals surface area contributed by atoms with Crippen LogP contribution in [0.2, 0.25) is 0 Å². The average molecular weight is 374 g/mol. The van der Waals surface area contributed by atoms with Crippen molar-refractivity contribution in [2.45, 2.75) is 25.3 Å². The van der Waals surface area contributed by atoms with Crippen LogP contribution in [-0.2, 0) is 6.42 Å². The van der Waals surface area contributed by atoms with Crippen LogP contribution >= 0.6 is 36.2 Å². The first-order valence-corrected chi connectivity index (χ1v) is 8.13. The van der Waals surface area contributed by atoms with Crippen LogP contribution in [0.15, 0.2) is 36.5 Å². The van der Waals surface area contributed by atoms with Crippen LogP contribution in [0.4, 0.5) is 0 Å². The maximum absolute atomic E-state index is 12.2. The molecule has 1 fully saturated rings. The summed E-state index contributed by atoms with van der Waals surface area (Å²) in [5.41, 5.74) is 1.22. The van der Waals surface area contributed by atoms with Gasteiger partial charge < -0.3 is 10.6 Å². The monoisotopic (exact) mass is 373 g/mol. The van der Waals surface area contributed by atoms with Gasteiger partial charge in [-0.15, -0.1) is 36.2 Å². The minimum absolute atomic E-state index is 0. The first-order chi connectivity index (χ1) is 10.3. The Kier molecular flexibility index (Phi) is 8.55. The second-order valence-corrected chi connectivity index (χ2v) is 6.41. The van der Waals surface area contributed by atoms with E-state index in [0.29, 0.717) is 4.88 Å². The van der Waals surface area contributed by atoms with Crippen LogP contribution in [0.3, 0.4) is 0 Å². The number of hydrogen-bond donors (Lipinski definition) is 2. The van der Waals surface area contributed by atoms with E-state index < -0.39 is 0 Å².